The summed E-state index contributed by atoms with van der Waals surface area (Å²) in [6, 6.07) is -0.148. The molecule has 0 aliphatic carbocycles. The fourth-order valence-corrected chi connectivity index (χ4v) is 1.78. The van der Waals surface area contributed by atoms with Crippen LogP contribution >= 0.6 is 0 Å². The van der Waals surface area contributed by atoms with Crippen LogP contribution in [0.5, 0.6) is 0 Å². The van der Waals surface area contributed by atoms with E-state index in [1.807, 2.05) is 22.6 Å². The highest BCUT2D eigenvalue weighted by Gasteiger charge is 2.22. The van der Waals surface area contributed by atoms with Crippen LogP contribution in [0.15, 0.2) is 18.7 Å². The van der Waals surface area contributed by atoms with Crippen molar-refractivity contribution in [2.45, 2.75) is 13.0 Å². The summed E-state index contributed by atoms with van der Waals surface area (Å²) in [5, 5.41) is 3.23. The maximum Gasteiger partial charge on any atom is 0.245 e. The van der Waals surface area contributed by atoms with Crippen molar-refractivity contribution in [2.75, 3.05) is 26.2 Å². The van der Waals surface area contributed by atoms with Crippen molar-refractivity contribution < 1.29 is 4.79 Å². The van der Waals surface area contributed by atoms with E-state index in [1.165, 1.54) is 0 Å². The molecule has 5 heteroatoms. The van der Waals surface area contributed by atoms with Crippen LogP contribution in [0.25, 0.3) is 0 Å². The fraction of sp³-hybridized carbons (Fsp3) is 0.600. The Bertz CT molecular complexity index is 316. The van der Waals surface area contributed by atoms with Gasteiger partial charge in [0.1, 0.15) is 6.04 Å². The number of imidazole rings is 1. The zero-order valence-corrected chi connectivity index (χ0v) is 8.89. The Balaban J connectivity index is 2.00. The second-order valence-corrected chi connectivity index (χ2v) is 3.76. The third kappa shape index (κ3) is 2.18. The monoisotopic (exact) mass is 208 g/mol. The molecule has 0 saturated carbocycles. The topological polar surface area (TPSA) is 50.2 Å². The lowest BCUT2D eigenvalue weighted by atomic mass is 10.2. The summed E-state index contributed by atoms with van der Waals surface area (Å²) in [6.45, 7) is 5.30. The van der Waals surface area contributed by atoms with Crippen molar-refractivity contribution in [3.63, 3.8) is 0 Å². The molecule has 1 aliphatic heterocycles. The zero-order valence-electron chi connectivity index (χ0n) is 8.89. The van der Waals surface area contributed by atoms with E-state index in [0.29, 0.717) is 0 Å². The Morgan fingerprint density at radius 3 is 2.80 bits per heavy atom. The predicted octanol–water partition coefficient (Wildman–Crippen LogP) is -0.124. The summed E-state index contributed by atoms with van der Waals surface area (Å²) < 4.78 is 1.84. The second-order valence-electron chi connectivity index (χ2n) is 3.76. The molecule has 1 saturated heterocycles. The summed E-state index contributed by atoms with van der Waals surface area (Å²) in [5.74, 6) is 0.175. The van der Waals surface area contributed by atoms with E-state index in [9.17, 15) is 4.79 Å². The van der Waals surface area contributed by atoms with Gasteiger partial charge in [-0.2, -0.15) is 0 Å². The van der Waals surface area contributed by atoms with Gasteiger partial charge in [0.2, 0.25) is 5.91 Å². The van der Waals surface area contributed by atoms with Gasteiger partial charge in [-0.3, -0.25) is 4.79 Å². The van der Waals surface area contributed by atoms with Gasteiger partial charge >= 0.3 is 0 Å². The third-order valence-corrected chi connectivity index (χ3v) is 2.76. The normalized spacial score (nSPS) is 18.9. The lowest BCUT2D eigenvalue weighted by Crippen LogP contribution is -2.48. The Hall–Kier alpha value is -1.36. The van der Waals surface area contributed by atoms with E-state index < -0.39 is 0 Å². The smallest absolute Gasteiger partial charge is 0.245 e. The molecule has 15 heavy (non-hydrogen) atoms. The number of rotatable bonds is 2. The third-order valence-electron chi connectivity index (χ3n) is 2.76. The molecule has 2 rings (SSSR count). The number of nitrogens with one attached hydrogen (secondary N) is 1. The molecule has 0 aromatic carbocycles. The van der Waals surface area contributed by atoms with Gasteiger partial charge in [0, 0.05) is 38.6 Å². The highest BCUT2D eigenvalue weighted by molar-refractivity contribution is 5.80. The molecule has 1 amide bonds. The van der Waals surface area contributed by atoms with Crippen LogP contribution in [0.3, 0.4) is 0 Å². The molecule has 1 N–H and O–H groups in total. The number of amides is 1. The Morgan fingerprint density at radius 1 is 1.47 bits per heavy atom. The van der Waals surface area contributed by atoms with Crippen LogP contribution in [-0.4, -0.2) is 46.5 Å². The van der Waals surface area contributed by atoms with Crippen molar-refractivity contribution >= 4 is 5.91 Å². The molecule has 0 bridgehead atoms. The number of nitrogens with zero attached hydrogens (tertiary/aromatic N) is 3. The van der Waals surface area contributed by atoms with Crippen molar-refractivity contribution in [1.82, 2.24) is 19.8 Å². The average molecular weight is 208 g/mol. The SMILES string of the molecule is CC(C(=O)N1CCNCC1)n1ccnc1. The van der Waals surface area contributed by atoms with E-state index in [1.54, 1.807) is 12.5 Å². The van der Waals surface area contributed by atoms with Crippen LogP contribution in [0.1, 0.15) is 13.0 Å². The van der Waals surface area contributed by atoms with Gasteiger partial charge in [0.15, 0.2) is 0 Å². The quantitative estimate of drug-likeness (QED) is 0.737. The van der Waals surface area contributed by atoms with Crippen molar-refractivity contribution in [2.24, 2.45) is 0 Å². The molecule has 0 radical (unpaired) electrons. The first-order valence-electron chi connectivity index (χ1n) is 5.26. The van der Waals surface area contributed by atoms with E-state index in [2.05, 4.69) is 10.3 Å². The number of carbonyl (C=O) groups excluding carboxylic acids is 1. The number of hydrogen-bond acceptors (Lipinski definition) is 3. The molecule has 82 valence electrons. The summed E-state index contributed by atoms with van der Waals surface area (Å²) in [6.07, 6.45) is 5.21. The molecule has 0 spiro atoms. The maximum atomic E-state index is 12.0. The average Bonchev–Trinajstić information content (AvgIpc) is 2.82. The van der Waals surface area contributed by atoms with E-state index in [4.69, 9.17) is 0 Å². The first-order valence-corrected chi connectivity index (χ1v) is 5.26. The van der Waals surface area contributed by atoms with Crippen LogP contribution in [0, 0.1) is 0 Å². The lowest BCUT2D eigenvalue weighted by Gasteiger charge is -2.30. The predicted molar refractivity (Wildman–Crippen MR) is 56.4 cm³/mol. The zero-order chi connectivity index (χ0) is 10.7. The van der Waals surface area contributed by atoms with Gasteiger partial charge in [-0.15, -0.1) is 0 Å². The van der Waals surface area contributed by atoms with Gasteiger partial charge < -0.3 is 14.8 Å². The van der Waals surface area contributed by atoms with E-state index in [-0.39, 0.29) is 11.9 Å². The molecule has 1 aliphatic rings. The molecule has 1 aromatic heterocycles. The highest BCUT2D eigenvalue weighted by Crippen LogP contribution is 2.09. The first-order chi connectivity index (χ1) is 7.29. The second kappa shape index (κ2) is 4.44. The maximum absolute atomic E-state index is 12.0. The van der Waals surface area contributed by atoms with Crippen molar-refractivity contribution in [3.8, 4) is 0 Å². The fourth-order valence-electron chi connectivity index (χ4n) is 1.78. The molecule has 5 nitrogen and oxygen atoms in total. The molecular formula is C10H16N4O. The van der Waals surface area contributed by atoms with Gasteiger partial charge in [0.05, 0.1) is 6.33 Å². The highest BCUT2D eigenvalue weighted by atomic mass is 16.2. The number of aromatic nitrogens is 2. The minimum Gasteiger partial charge on any atom is -0.338 e. The largest absolute Gasteiger partial charge is 0.338 e. The number of hydrogen-bond donors (Lipinski definition) is 1. The Morgan fingerprint density at radius 2 is 2.20 bits per heavy atom. The Labute approximate surface area is 89.1 Å². The summed E-state index contributed by atoms with van der Waals surface area (Å²) >= 11 is 0. The standard InChI is InChI=1S/C10H16N4O/c1-9(14-7-4-12-8-14)10(15)13-5-2-11-3-6-13/h4,7-9,11H,2-3,5-6H2,1H3. The summed E-state index contributed by atoms with van der Waals surface area (Å²) in [5.41, 5.74) is 0. The van der Waals surface area contributed by atoms with Crippen LogP contribution < -0.4 is 5.32 Å². The molecule has 1 fully saturated rings. The molecular weight excluding hydrogens is 192 g/mol. The minimum absolute atomic E-state index is 0.148. The molecule has 1 aromatic rings. The van der Waals surface area contributed by atoms with E-state index in [0.717, 1.165) is 26.2 Å². The van der Waals surface area contributed by atoms with E-state index >= 15 is 0 Å². The first kappa shape index (κ1) is 10.2. The van der Waals surface area contributed by atoms with Crippen molar-refractivity contribution in [3.05, 3.63) is 18.7 Å². The Kier molecular flexibility index (Phi) is 3.01. The van der Waals surface area contributed by atoms with Crippen LogP contribution in [0.4, 0.5) is 0 Å². The lowest BCUT2D eigenvalue weighted by molar-refractivity contribution is -0.134. The summed E-state index contributed by atoms with van der Waals surface area (Å²) in [7, 11) is 0. The molecule has 1 unspecified atom stereocenters. The van der Waals surface area contributed by atoms with Gasteiger partial charge in [0.25, 0.3) is 0 Å². The van der Waals surface area contributed by atoms with Gasteiger partial charge in [-0.1, -0.05) is 0 Å². The van der Waals surface area contributed by atoms with Crippen LogP contribution in [0.2, 0.25) is 0 Å². The molecule has 1 atom stereocenters. The minimum atomic E-state index is -0.148. The van der Waals surface area contributed by atoms with Crippen molar-refractivity contribution in [1.29, 1.82) is 0 Å². The summed E-state index contributed by atoms with van der Waals surface area (Å²) in [4.78, 5) is 17.9. The number of piperazine rings is 1. The number of carbonyl (C=O) groups is 1. The molecule has 2 heterocycles. The van der Waals surface area contributed by atoms with Gasteiger partial charge in [-0.05, 0) is 6.92 Å². The van der Waals surface area contributed by atoms with Crippen LogP contribution in [-0.2, 0) is 4.79 Å². The van der Waals surface area contributed by atoms with Gasteiger partial charge in [-0.25, -0.2) is 4.98 Å².